The molecule has 0 aliphatic carbocycles. The number of phenolic OH excluding ortho intramolecular Hbond substituents is 2. The van der Waals surface area contributed by atoms with Crippen LogP contribution in [-0.4, -0.2) is 56.9 Å². The molecule has 0 aromatic heterocycles. The molecule has 2 aromatic rings. The summed E-state index contributed by atoms with van der Waals surface area (Å²) in [5.74, 6) is -3.40. The molecule has 30 heavy (non-hydrogen) atoms. The van der Waals surface area contributed by atoms with E-state index in [9.17, 15) is 29.4 Å². The number of benzene rings is 2. The molecule has 0 spiro atoms. The van der Waals surface area contributed by atoms with Crippen molar-refractivity contribution < 1.29 is 29.4 Å². The predicted octanol–water partition coefficient (Wildman–Crippen LogP) is 0.205. The number of nitrogens with two attached hydrogens (primary N) is 1. The number of carbonyl (C=O) groups is 4. The van der Waals surface area contributed by atoms with Gasteiger partial charge in [0.1, 0.15) is 6.04 Å². The Kier molecular flexibility index (Phi) is 5.86. The molecule has 1 fully saturated rings. The van der Waals surface area contributed by atoms with E-state index in [0.717, 1.165) is 4.90 Å². The molecular weight excluding hydrogens is 392 g/mol. The van der Waals surface area contributed by atoms with Gasteiger partial charge in [0.15, 0.2) is 11.5 Å². The van der Waals surface area contributed by atoms with Gasteiger partial charge in [0.2, 0.25) is 5.91 Å². The maximum atomic E-state index is 12.5. The Morgan fingerprint density at radius 2 is 1.70 bits per heavy atom. The molecule has 1 unspecified atom stereocenters. The topological polar surface area (TPSA) is 153 Å². The van der Waals surface area contributed by atoms with E-state index >= 15 is 0 Å². The minimum atomic E-state index is -1.15. The van der Waals surface area contributed by atoms with Crippen molar-refractivity contribution in [1.29, 1.82) is 0 Å². The quantitative estimate of drug-likeness (QED) is 0.407. The van der Waals surface area contributed by atoms with Crippen molar-refractivity contribution >= 4 is 23.8 Å². The van der Waals surface area contributed by atoms with E-state index in [1.165, 1.54) is 23.1 Å². The van der Waals surface area contributed by atoms with E-state index in [4.69, 9.17) is 5.73 Å². The Morgan fingerprint density at radius 1 is 1.00 bits per heavy atom. The number of phenols is 2. The Morgan fingerprint density at radius 3 is 2.33 bits per heavy atom. The summed E-state index contributed by atoms with van der Waals surface area (Å²) in [7, 11) is 0. The largest absolute Gasteiger partial charge is 0.504 e. The zero-order valence-electron chi connectivity index (χ0n) is 15.8. The first-order valence-electron chi connectivity index (χ1n) is 9.04. The molecule has 1 heterocycles. The van der Waals surface area contributed by atoms with Gasteiger partial charge in [-0.3, -0.25) is 19.3 Å². The average molecular weight is 412 g/mol. The van der Waals surface area contributed by atoms with E-state index < -0.39 is 29.8 Å². The first-order chi connectivity index (χ1) is 14.3. The van der Waals surface area contributed by atoms with Gasteiger partial charge in [0.25, 0.3) is 0 Å². The van der Waals surface area contributed by atoms with E-state index in [2.05, 4.69) is 5.32 Å². The van der Waals surface area contributed by atoms with Crippen molar-refractivity contribution in [3.8, 4) is 11.5 Å². The van der Waals surface area contributed by atoms with Gasteiger partial charge < -0.3 is 26.2 Å². The highest BCUT2D eigenvalue weighted by atomic mass is 16.3. The summed E-state index contributed by atoms with van der Waals surface area (Å²) in [5, 5.41) is 21.3. The van der Waals surface area contributed by atoms with Crippen LogP contribution in [0.5, 0.6) is 11.5 Å². The Hall–Kier alpha value is -4.08. The summed E-state index contributed by atoms with van der Waals surface area (Å²) in [5.41, 5.74) is 6.32. The van der Waals surface area contributed by atoms with Crippen LogP contribution in [0.4, 0.5) is 4.79 Å². The lowest BCUT2D eigenvalue weighted by Gasteiger charge is -2.33. The number of imide groups is 1. The SMILES string of the molecule is NC(=O)C(NC(=O)N1CCN(Cc2ccc(O)c(O)c2)C(=O)C1=O)c1ccccc1. The second-order valence-corrected chi connectivity index (χ2v) is 6.70. The highest BCUT2D eigenvalue weighted by molar-refractivity contribution is 6.38. The zero-order chi connectivity index (χ0) is 21.8. The molecule has 1 aliphatic rings. The molecule has 0 saturated carbocycles. The molecule has 10 nitrogen and oxygen atoms in total. The number of nitrogens with zero attached hydrogens (tertiary/aromatic N) is 2. The third-order valence-electron chi connectivity index (χ3n) is 4.65. The maximum absolute atomic E-state index is 12.5. The Balaban J connectivity index is 1.68. The number of aromatic hydroxyl groups is 2. The zero-order valence-corrected chi connectivity index (χ0v) is 15.8. The minimum absolute atomic E-state index is 0.0157. The van der Waals surface area contributed by atoms with Gasteiger partial charge in [-0.2, -0.15) is 0 Å². The van der Waals surface area contributed by atoms with Crippen LogP contribution in [0.3, 0.4) is 0 Å². The van der Waals surface area contributed by atoms with Gasteiger partial charge >= 0.3 is 17.8 Å². The molecule has 3 rings (SSSR count). The summed E-state index contributed by atoms with van der Waals surface area (Å²) in [6.45, 7) is -0.00521. The molecule has 5 amide bonds. The van der Waals surface area contributed by atoms with Crippen LogP contribution in [0.15, 0.2) is 48.5 Å². The number of rotatable bonds is 5. The number of carbonyl (C=O) groups excluding carboxylic acids is 4. The molecule has 1 saturated heterocycles. The van der Waals surface area contributed by atoms with Crippen LogP contribution < -0.4 is 11.1 Å². The van der Waals surface area contributed by atoms with E-state index in [1.54, 1.807) is 30.3 Å². The summed E-state index contributed by atoms with van der Waals surface area (Å²) in [6, 6.07) is 10.3. The van der Waals surface area contributed by atoms with Crippen molar-refractivity contribution in [1.82, 2.24) is 15.1 Å². The molecule has 1 aliphatic heterocycles. The lowest BCUT2D eigenvalue weighted by molar-refractivity contribution is -0.154. The van der Waals surface area contributed by atoms with Gasteiger partial charge in [-0.15, -0.1) is 0 Å². The van der Waals surface area contributed by atoms with E-state index in [1.807, 2.05) is 0 Å². The fraction of sp³-hybridized carbons (Fsp3) is 0.200. The number of nitrogens with one attached hydrogen (secondary N) is 1. The third-order valence-corrected chi connectivity index (χ3v) is 4.65. The molecule has 5 N–H and O–H groups in total. The van der Waals surface area contributed by atoms with Crippen LogP contribution >= 0.6 is 0 Å². The van der Waals surface area contributed by atoms with Crippen LogP contribution in [0.2, 0.25) is 0 Å². The van der Waals surface area contributed by atoms with Crippen molar-refractivity contribution in [2.24, 2.45) is 5.73 Å². The first-order valence-corrected chi connectivity index (χ1v) is 9.04. The Bertz CT molecular complexity index is 994. The fourth-order valence-corrected chi connectivity index (χ4v) is 3.07. The standard InChI is InChI=1S/C20H20N4O6/c21-17(27)16(13-4-2-1-3-5-13)22-20(30)24-9-8-23(18(28)19(24)29)11-12-6-7-14(25)15(26)10-12/h1-7,10,16,25-26H,8-9,11H2,(H2,21,27)(H,22,30). The number of hydrogen-bond donors (Lipinski definition) is 4. The molecule has 156 valence electrons. The summed E-state index contributed by atoms with van der Waals surface area (Å²) in [4.78, 5) is 51.1. The van der Waals surface area contributed by atoms with Gasteiger partial charge in [-0.1, -0.05) is 36.4 Å². The summed E-state index contributed by atoms with van der Waals surface area (Å²) in [6.07, 6.45) is 0. The van der Waals surface area contributed by atoms with Crippen molar-refractivity contribution in [3.05, 3.63) is 59.7 Å². The monoisotopic (exact) mass is 412 g/mol. The highest BCUT2D eigenvalue weighted by Gasteiger charge is 2.37. The predicted molar refractivity (Wildman–Crippen MR) is 104 cm³/mol. The van der Waals surface area contributed by atoms with Crippen LogP contribution in [0.25, 0.3) is 0 Å². The van der Waals surface area contributed by atoms with Crippen molar-refractivity contribution in [2.75, 3.05) is 13.1 Å². The van der Waals surface area contributed by atoms with Gasteiger partial charge in [0, 0.05) is 19.6 Å². The van der Waals surface area contributed by atoms with Crippen LogP contribution in [0.1, 0.15) is 17.2 Å². The molecule has 10 heteroatoms. The molecule has 0 bridgehead atoms. The maximum Gasteiger partial charge on any atom is 0.325 e. The highest BCUT2D eigenvalue weighted by Crippen LogP contribution is 2.26. The van der Waals surface area contributed by atoms with Gasteiger partial charge in [-0.25, -0.2) is 4.79 Å². The molecule has 1 atom stereocenters. The Labute approximate surface area is 171 Å². The first kappa shape index (κ1) is 20.6. The third kappa shape index (κ3) is 4.32. The second-order valence-electron chi connectivity index (χ2n) is 6.70. The second kappa shape index (κ2) is 8.52. The number of urea groups is 1. The fourth-order valence-electron chi connectivity index (χ4n) is 3.07. The number of amides is 5. The van der Waals surface area contributed by atoms with Crippen molar-refractivity contribution in [3.63, 3.8) is 0 Å². The number of primary amides is 1. The van der Waals surface area contributed by atoms with Crippen LogP contribution in [-0.2, 0) is 20.9 Å². The minimum Gasteiger partial charge on any atom is -0.504 e. The van der Waals surface area contributed by atoms with Gasteiger partial charge in [-0.05, 0) is 23.3 Å². The summed E-state index contributed by atoms with van der Waals surface area (Å²) < 4.78 is 0. The van der Waals surface area contributed by atoms with Crippen LogP contribution in [0, 0.1) is 0 Å². The molecule has 0 radical (unpaired) electrons. The normalized spacial score (nSPS) is 15.1. The van der Waals surface area contributed by atoms with E-state index in [-0.39, 0.29) is 31.1 Å². The van der Waals surface area contributed by atoms with E-state index in [0.29, 0.717) is 11.1 Å². The lowest BCUT2D eigenvalue weighted by atomic mass is 10.1. The van der Waals surface area contributed by atoms with Crippen molar-refractivity contribution in [2.45, 2.75) is 12.6 Å². The molecular formula is C20H20N4O6. The number of hydrogen-bond acceptors (Lipinski definition) is 6. The summed E-state index contributed by atoms with van der Waals surface area (Å²) >= 11 is 0. The smallest absolute Gasteiger partial charge is 0.325 e. The molecule has 2 aromatic carbocycles. The lowest BCUT2D eigenvalue weighted by Crippen LogP contribution is -2.58. The van der Waals surface area contributed by atoms with Gasteiger partial charge in [0.05, 0.1) is 0 Å². The number of piperazine rings is 1. The average Bonchev–Trinajstić information content (AvgIpc) is 2.72.